The van der Waals surface area contributed by atoms with Gasteiger partial charge in [-0.1, -0.05) is 6.07 Å². The van der Waals surface area contributed by atoms with Crippen LogP contribution in [0.3, 0.4) is 0 Å². The van der Waals surface area contributed by atoms with Crippen molar-refractivity contribution in [1.82, 2.24) is 4.90 Å². The van der Waals surface area contributed by atoms with Crippen molar-refractivity contribution in [3.05, 3.63) is 35.1 Å². The molecule has 2 unspecified atom stereocenters. The summed E-state index contributed by atoms with van der Waals surface area (Å²) in [6.45, 7) is 4.04. The maximum atomic E-state index is 13.3. The van der Waals surface area contributed by atoms with E-state index in [-0.39, 0.29) is 11.7 Å². The van der Waals surface area contributed by atoms with Gasteiger partial charge in [0.2, 0.25) is 5.91 Å². The van der Waals surface area contributed by atoms with E-state index in [9.17, 15) is 19.1 Å². The number of carbonyl (C=O) groups excluding carboxylic acids is 1. The van der Waals surface area contributed by atoms with Crippen LogP contribution >= 0.6 is 0 Å². The SMILES string of the molecule is CCN1C(=O)CCCC(C(=O)O)C1c1ccc(F)cc1C. The number of aliphatic carboxylic acids is 1. The third-order valence-electron chi connectivity index (χ3n) is 4.15. The molecule has 1 fully saturated rings. The number of hydrogen-bond donors (Lipinski definition) is 1. The van der Waals surface area contributed by atoms with Gasteiger partial charge < -0.3 is 10.0 Å². The average molecular weight is 293 g/mol. The summed E-state index contributed by atoms with van der Waals surface area (Å²) in [5.41, 5.74) is 1.40. The Bertz CT molecular complexity index is 556. The second-order valence-electron chi connectivity index (χ2n) is 5.46. The number of hydrogen-bond acceptors (Lipinski definition) is 2. The summed E-state index contributed by atoms with van der Waals surface area (Å²) in [5, 5.41) is 9.53. The van der Waals surface area contributed by atoms with Gasteiger partial charge in [0.15, 0.2) is 0 Å². The van der Waals surface area contributed by atoms with Crippen LogP contribution in [0.2, 0.25) is 0 Å². The number of nitrogens with zero attached hydrogens (tertiary/aromatic N) is 1. The largest absolute Gasteiger partial charge is 0.481 e. The lowest BCUT2D eigenvalue weighted by Gasteiger charge is -2.34. The van der Waals surface area contributed by atoms with Crippen molar-refractivity contribution in [3.63, 3.8) is 0 Å². The summed E-state index contributed by atoms with van der Waals surface area (Å²) < 4.78 is 13.3. The molecule has 1 amide bonds. The first-order chi connectivity index (χ1) is 9.95. The molecule has 0 saturated carbocycles. The predicted octanol–water partition coefficient (Wildman–Crippen LogP) is 2.91. The molecular formula is C16H20FNO3. The number of likely N-dealkylation sites (tertiary alicyclic amines) is 1. The molecular weight excluding hydrogens is 273 g/mol. The maximum Gasteiger partial charge on any atom is 0.308 e. The standard InChI is InChI=1S/C16H20FNO3/c1-3-18-14(19)6-4-5-13(16(20)21)15(18)12-8-7-11(17)9-10(12)2/h7-9,13,15H,3-6H2,1-2H3,(H,20,21). The number of halogens is 1. The highest BCUT2D eigenvalue weighted by Crippen LogP contribution is 2.37. The molecule has 0 bridgehead atoms. The monoisotopic (exact) mass is 293 g/mol. The second-order valence-corrected chi connectivity index (χ2v) is 5.46. The fraction of sp³-hybridized carbons (Fsp3) is 0.500. The van der Waals surface area contributed by atoms with Crippen LogP contribution in [0.25, 0.3) is 0 Å². The summed E-state index contributed by atoms with van der Waals surface area (Å²) in [6, 6.07) is 3.79. The van der Waals surface area contributed by atoms with Crippen LogP contribution in [0.5, 0.6) is 0 Å². The van der Waals surface area contributed by atoms with Gasteiger partial charge in [-0.3, -0.25) is 9.59 Å². The Hall–Kier alpha value is -1.91. The van der Waals surface area contributed by atoms with Crippen molar-refractivity contribution in [2.75, 3.05) is 6.54 Å². The van der Waals surface area contributed by atoms with E-state index < -0.39 is 17.9 Å². The van der Waals surface area contributed by atoms with E-state index in [1.807, 2.05) is 6.92 Å². The van der Waals surface area contributed by atoms with Crippen LogP contribution in [-0.2, 0) is 9.59 Å². The number of carboxylic acids is 1. The average Bonchev–Trinajstić information content (AvgIpc) is 2.57. The molecule has 0 aliphatic carbocycles. The molecule has 1 heterocycles. The van der Waals surface area contributed by atoms with Crippen LogP contribution in [0.4, 0.5) is 4.39 Å². The molecule has 1 aromatic rings. The summed E-state index contributed by atoms with van der Waals surface area (Å²) in [5.74, 6) is -1.95. The molecule has 1 N–H and O–H groups in total. The Balaban J connectivity index is 2.53. The normalized spacial score (nSPS) is 23.0. The number of aryl methyl sites for hydroxylation is 1. The Labute approximate surface area is 123 Å². The van der Waals surface area contributed by atoms with E-state index in [0.29, 0.717) is 31.4 Å². The van der Waals surface area contributed by atoms with Crippen LogP contribution < -0.4 is 0 Å². The van der Waals surface area contributed by atoms with Gasteiger partial charge in [-0.25, -0.2) is 4.39 Å². The van der Waals surface area contributed by atoms with E-state index in [1.165, 1.54) is 12.1 Å². The first-order valence-corrected chi connectivity index (χ1v) is 7.24. The summed E-state index contributed by atoms with van der Waals surface area (Å²) in [4.78, 5) is 25.5. The highest BCUT2D eigenvalue weighted by atomic mass is 19.1. The zero-order valence-corrected chi connectivity index (χ0v) is 12.3. The zero-order chi connectivity index (χ0) is 15.6. The van der Waals surface area contributed by atoms with Gasteiger partial charge in [-0.15, -0.1) is 0 Å². The van der Waals surface area contributed by atoms with Crippen LogP contribution in [-0.4, -0.2) is 28.4 Å². The lowest BCUT2D eigenvalue weighted by Crippen LogP contribution is -2.39. The molecule has 5 heteroatoms. The highest BCUT2D eigenvalue weighted by molar-refractivity contribution is 5.80. The fourth-order valence-corrected chi connectivity index (χ4v) is 3.13. The molecule has 1 aromatic carbocycles. The fourth-order valence-electron chi connectivity index (χ4n) is 3.13. The lowest BCUT2D eigenvalue weighted by molar-refractivity contribution is -0.146. The van der Waals surface area contributed by atoms with Gasteiger partial charge in [-0.2, -0.15) is 0 Å². The molecule has 1 aliphatic rings. The van der Waals surface area contributed by atoms with Gasteiger partial charge in [0, 0.05) is 13.0 Å². The summed E-state index contributed by atoms with van der Waals surface area (Å²) in [6.07, 6.45) is 1.40. The quantitative estimate of drug-likeness (QED) is 0.932. The van der Waals surface area contributed by atoms with Gasteiger partial charge in [0.25, 0.3) is 0 Å². The molecule has 0 radical (unpaired) electrons. The molecule has 4 nitrogen and oxygen atoms in total. The highest BCUT2D eigenvalue weighted by Gasteiger charge is 2.38. The number of amides is 1. The molecule has 1 saturated heterocycles. The van der Waals surface area contributed by atoms with E-state index in [4.69, 9.17) is 0 Å². The lowest BCUT2D eigenvalue weighted by atomic mass is 9.87. The molecule has 2 atom stereocenters. The number of benzene rings is 1. The Kier molecular flexibility index (Phi) is 4.60. The van der Waals surface area contributed by atoms with Gasteiger partial charge in [0.05, 0.1) is 12.0 Å². The third kappa shape index (κ3) is 3.06. The molecule has 2 rings (SSSR count). The summed E-state index contributed by atoms with van der Waals surface area (Å²) >= 11 is 0. The molecule has 21 heavy (non-hydrogen) atoms. The van der Waals surface area contributed by atoms with E-state index in [1.54, 1.807) is 17.9 Å². The van der Waals surface area contributed by atoms with Crippen LogP contribution in [0.15, 0.2) is 18.2 Å². The van der Waals surface area contributed by atoms with Crippen LogP contribution in [0.1, 0.15) is 43.4 Å². The van der Waals surface area contributed by atoms with Crippen molar-refractivity contribution in [2.45, 2.75) is 39.2 Å². The van der Waals surface area contributed by atoms with E-state index in [2.05, 4.69) is 0 Å². The van der Waals surface area contributed by atoms with Crippen molar-refractivity contribution in [2.24, 2.45) is 5.92 Å². The van der Waals surface area contributed by atoms with E-state index >= 15 is 0 Å². The first kappa shape index (κ1) is 15.5. The molecule has 114 valence electrons. The first-order valence-electron chi connectivity index (χ1n) is 7.24. The van der Waals surface area contributed by atoms with Crippen molar-refractivity contribution >= 4 is 11.9 Å². The van der Waals surface area contributed by atoms with Crippen LogP contribution in [0, 0.1) is 18.7 Å². The third-order valence-corrected chi connectivity index (χ3v) is 4.15. The van der Waals surface area contributed by atoms with Gasteiger partial charge in [0.1, 0.15) is 5.82 Å². The minimum atomic E-state index is -0.906. The molecule has 1 aliphatic heterocycles. The Morgan fingerprint density at radius 2 is 2.19 bits per heavy atom. The van der Waals surface area contributed by atoms with Crippen molar-refractivity contribution < 1.29 is 19.1 Å². The second kappa shape index (κ2) is 6.24. The van der Waals surface area contributed by atoms with Crippen molar-refractivity contribution in [1.29, 1.82) is 0 Å². The Morgan fingerprint density at radius 1 is 1.48 bits per heavy atom. The number of rotatable bonds is 3. The smallest absolute Gasteiger partial charge is 0.308 e. The van der Waals surface area contributed by atoms with Gasteiger partial charge in [-0.05, 0) is 49.9 Å². The van der Waals surface area contributed by atoms with Crippen molar-refractivity contribution in [3.8, 4) is 0 Å². The predicted molar refractivity (Wildman–Crippen MR) is 76.2 cm³/mol. The zero-order valence-electron chi connectivity index (χ0n) is 12.3. The maximum absolute atomic E-state index is 13.3. The minimum absolute atomic E-state index is 0.0324. The molecule has 0 spiro atoms. The Morgan fingerprint density at radius 3 is 2.76 bits per heavy atom. The summed E-state index contributed by atoms with van der Waals surface area (Å²) in [7, 11) is 0. The topological polar surface area (TPSA) is 57.6 Å². The number of carboxylic acid groups (broad SMARTS) is 1. The minimum Gasteiger partial charge on any atom is -0.481 e. The van der Waals surface area contributed by atoms with E-state index in [0.717, 1.165) is 5.56 Å². The molecule has 0 aromatic heterocycles. The van der Waals surface area contributed by atoms with Gasteiger partial charge >= 0.3 is 5.97 Å². The number of carbonyl (C=O) groups is 2.